The van der Waals surface area contributed by atoms with E-state index in [1.807, 2.05) is 0 Å². The molecule has 0 aliphatic rings. The molecular formula is C6H5F2O3P. The van der Waals surface area contributed by atoms with E-state index in [9.17, 15) is 13.2 Å². The molecule has 1 atom stereocenters. The van der Waals surface area contributed by atoms with Crippen molar-refractivity contribution in [3.63, 3.8) is 0 Å². The molecule has 0 saturated heterocycles. The highest BCUT2D eigenvalue weighted by Gasteiger charge is 2.20. The smallest absolute Gasteiger partial charge is 0.398 e. The lowest BCUT2D eigenvalue weighted by Crippen LogP contribution is -1.88. The molecule has 0 spiro atoms. The highest BCUT2D eigenvalue weighted by molar-refractivity contribution is 7.47. The van der Waals surface area contributed by atoms with E-state index < -0.39 is 19.5 Å². The van der Waals surface area contributed by atoms with Gasteiger partial charge < -0.3 is 4.52 Å². The minimum Gasteiger partial charge on any atom is -0.398 e. The summed E-state index contributed by atoms with van der Waals surface area (Å²) in [6, 6.07) is 4.75. The van der Waals surface area contributed by atoms with Gasteiger partial charge in [0.15, 0.2) is 11.6 Å². The Kier molecular flexibility index (Phi) is 2.45. The van der Waals surface area contributed by atoms with Gasteiger partial charge in [0.2, 0.25) is 0 Å². The van der Waals surface area contributed by atoms with Gasteiger partial charge in [-0.25, -0.2) is 8.96 Å². The molecule has 1 aromatic carbocycles. The molecule has 0 saturated carbocycles. The highest BCUT2D eigenvalue weighted by atomic mass is 31.2. The maximum absolute atomic E-state index is 12.6. The van der Waals surface area contributed by atoms with Gasteiger partial charge in [-0.3, -0.25) is 4.89 Å². The Balaban J connectivity index is 2.90. The van der Waals surface area contributed by atoms with Crippen molar-refractivity contribution in [2.45, 2.75) is 0 Å². The molecule has 1 unspecified atom stereocenters. The molecule has 1 rings (SSSR count). The van der Waals surface area contributed by atoms with E-state index in [-0.39, 0.29) is 0 Å². The summed E-state index contributed by atoms with van der Waals surface area (Å²) < 4.78 is 38.4. The molecule has 0 amide bonds. The average Bonchev–Trinajstić information content (AvgIpc) is 1.91. The van der Waals surface area contributed by atoms with Crippen molar-refractivity contribution in [2.24, 2.45) is 0 Å². The summed E-state index contributed by atoms with van der Waals surface area (Å²) in [5, 5.41) is 0. The number of para-hydroxylation sites is 1. The fourth-order valence-corrected chi connectivity index (χ4v) is 1.03. The summed E-state index contributed by atoms with van der Waals surface area (Å²) in [6.07, 6.45) is 0. The van der Waals surface area contributed by atoms with Crippen LogP contribution < -0.4 is 4.52 Å². The van der Waals surface area contributed by atoms with Gasteiger partial charge in [-0.2, -0.15) is 0 Å². The molecule has 1 aromatic rings. The molecule has 6 heteroatoms. The second-order valence-electron chi connectivity index (χ2n) is 1.97. The summed E-state index contributed by atoms with van der Waals surface area (Å²) in [6.45, 7) is 0. The van der Waals surface area contributed by atoms with Gasteiger partial charge in [0.25, 0.3) is 0 Å². The van der Waals surface area contributed by atoms with Gasteiger partial charge >= 0.3 is 7.91 Å². The number of hydrogen-bond donors (Lipinski definition) is 1. The zero-order valence-electron chi connectivity index (χ0n) is 5.78. The van der Waals surface area contributed by atoms with Crippen LogP contribution >= 0.6 is 7.91 Å². The van der Waals surface area contributed by atoms with Crippen LogP contribution in [0.25, 0.3) is 0 Å². The first-order chi connectivity index (χ1) is 5.49. The molecule has 12 heavy (non-hydrogen) atoms. The van der Waals surface area contributed by atoms with Crippen molar-refractivity contribution in [1.29, 1.82) is 0 Å². The number of rotatable bonds is 2. The molecular weight excluding hydrogens is 189 g/mol. The van der Waals surface area contributed by atoms with Gasteiger partial charge in [0.05, 0.1) is 0 Å². The van der Waals surface area contributed by atoms with Crippen molar-refractivity contribution in [1.82, 2.24) is 0 Å². The SMILES string of the molecule is O=P(O)(F)Oc1ccccc1F. The normalized spacial score (nSPS) is 15.2. The molecule has 0 fully saturated rings. The van der Waals surface area contributed by atoms with E-state index in [0.717, 1.165) is 12.1 Å². The van der Waals surface area contributed by atoms with Gasteiger partial charge in [0, 0.05) is 0 Å². The monoisotopic (exact) mass is 194 g/mol. The molecule has 1 N–H and O–H groups in total. The van der Waals surface area contributed by atoms with Gasteiger partial charge in [0.1, 0.15) is 0 Å². The Bertz CT molecular complexity index is 322. The minimum atomic E-state index is -5.15. The van der Waals surface area contributed by atoms with Crippen LogP contribution in [0.1, 0.15) is 0 Å². The summed E-state index contributed by atoms with van der Waals surface area (Å²) in [4.78, 5) is 8.10. The quantitative estimate of drug-likeness (QED) is 0.734. The topological polar surface area (TPSA) is 46.5 Å². The molecule has 3 nitrogen and oxygen atoms in total. The van der Waals surface area contributed by atoms with Crippen LogP contribution in [0.2, 0.25) is 0 Å². The third kappa shape index (κ3) is 2.60. The van der Waals surface area contributed by atoms with Gasteiger partial charge in [-0.15, -0.1) is 4.20 Å². The van der Waals surface area contributed by atoms with Crippen LogP contribution in [0.15, 0.2) is 24.3 Å². The van der Waals surface area contributed by atoms with E-state index in [4.69, 9.17) is 4.89 Å². The lowest BCUT2D eigenvalue weighted by atomic mass is 10.3. The Hall–Kier alpha value is -0.930. The summed E-state index contributed by atoms with van der Waals surface area (Å²) in [7, 11) is -5.15. The van der Waals surface area contributed by atoms with Crippen molar-refractivity contribution in [3.8, 4) is 5.75 Å². The first kappa shape index (κ1) is 9.16. The third-order valence-electron chi connectivity index (χ3n) is 1.05. The minimum absolute atomic E-state index is 0.578. The molecule has 0 aromatic heterocycles. The average molecular weight is 194 g/mol. The van der Waals surface area contributed by atoms with Crippen molar-refractivity contribution < 1.29 is 22.6 Å². The van der Waals surface area contributed by atoms with Gasteiger partial charge in [-0.1, -0.05) is 12.1 Å². The number of benzene rings is 1. The number of hydrogen-bond acceptors (Lipinski definition) is 2. The summed E-state index contributed by atoms with van der Waals surface area (Å²) in [5.74, 6) is -1.46. The van der Waals surface area contributed by atoms with E-state index in [1.165, 1.54) is 12.1 Å². The Morgan fingerprint density at radius 2 is 2.00 bits per heavy atom. The van der Waals surface area contributed by atoms with Crippen LogP contribution in [-0.2, 0) is 4.57 Å². The first-order valence-corrected chi connectivity index (χ1v) is 4.42. The Morgan fingerprint density at radius 3 is 2.50 bits per heavy atom. The predicted octanol–water partition coefficient (Wildman–Crippen LogP) is 2.27. The number of halogens is 2. The molecule has 0 radical (unpaired) electrons. The van der Waals surface area contributed by atoms with Crippen LogP contribution in [0.3, 0.4) is 0 Å². The molecule has 0 aliphatic heterocycles. The predicted molar refractivity (Wildman–Crippen MR) is 38.0 cm³/mol. The fourth-order valence-electron chi connectivity index (χ4n) is 0.640. The fraction of sp³-hybridized carbons (Fsp3) is 0. The zero-order chi connectivity index (χ0) is 9.19. The highest BCUT2D eigenvalue weighted by Crippen LogP contribution is 2.44. The second kappa shape index (κ2) is 3.21. The molecule has 0 bridgehead atoms. The summed E-state index contributed by atoms with van der Waals surface area (Å²) in [5.41, 5.74) is 0. The first-order valence-electron chi connectivity index (χ1n) is 2.95. The molecule has 0 heterocycles. The zero-order valence-corrected chi connectivity index (χ0v) is 6.67. The van der Waals surface area contributed by atoms with Crippen LogP contribution in [-0.4, -0.2) is 4.89 Å². The van der Waals surface area contributed by atoms with E-state index >= 15 is 0 Å². The van der Waals surface area contributed by atoms with E-state index in [1.54, 1.807) is 0 Å². The van der Waals surface area contributed by atoms with E-state index in [0.29, 0.717) is 0 Å². The maximum atomic E-state index is 12.6. The Labute approximate surface area is 67.3 Å². The van der Waals surface area contributed by atoms with Crippen molar-refractivity contribution >= 4 is 7.91 Å². The molecule has 66 valence electrons. The maximum Gasteiger partial charge on any atom is 0.567 e. The van der Waals surface area contributed by atoms with Crippen LogP contribution in [0.5, 0.6) is 5.75 Å². The Morgan fingerprint density at radius 1 is 1.42 bits per heavy atom. The van der Waals surface area contributed by atoms with Crippen LogP contribution in [0, 0.1) is 5.82 Å². The summed E-state index contributed by atoms with van der Waals surface area (Å²) >= 11 is 0. The van der Waals surface area contributed by atoms with Gasteiger partial charge in [-0.05, 0) is 12.1 Å². The van der Waals surface area contributed by atoms with Crippen molar-refractivity contribution in [2.75, 3.05) is 0 Å². The third-order valence-corrected chi connectivity index (χ3v) is 1.47. The van der Waals surface area contributed by atoms with Crippen molar-refractivity contribution in [3.05, 3.63) is 30.1 Å². The lowest BCUT2D eigenvalue weighted by Gasteiger charge is -2.04. The largest absolute Gasteiger partial charge is 0.567 e. The standard InChI is InChI=1S/C6H5F2O3P/c7-5-3-1-2-4-6(5)11-12(8,9)10/h1-4H,(H,9,10). The second-order valence-corrected chi connectivity index (χ2v) is 3.06. The molecule has 0 aliphatic carbocycles. The lowest BCUT2D eigenvalue weighted by molar-refractivity contribution is 0.323. The van der Waals surface area contributed by atoms with E-state index in [2.05, 4.69) is 4.52 Å². The van der Waals surface area contributed by atoms with Crippen LogP contribution in [0.4, 0.5) is 8.59 Å².